The van der Waals surface area contributed by atoms with Gasteiger partial charge in [-0.15, -0.1) is 0 Å². The molecule has 0 aliphatic carbocycles. The molecule has 0 aliphatic heterocycles. The van der Waals surface area contributed by atoms with E-state index >= 15 is 0 Å². The standard InChI is InChI=1S/C14H32N2/c1-4-7-12-16(13-8-5-2)14-9-11-15-10-6-3/h15H,4-14H2,1-3H3. The molecule has 0 saturated carbocycles. The van der Waals surface area contributed by atoms with Crippen molar-refractivity contribution in [3.05, 3.63) is 0 Å². The summed E-state index contributed by atoms with van der Waals surface area (Å²) in [4.78, 5) is 2.64. The van der Waals surface area contributed by atoms with Gasteiger partial charge in [-0.2, -0.15) is 0 Å². The highest BCUT2D eigenvalue weighted by molar-refractivity contribution is 4.59. The maximum Gasteiger partial charge on any atom is -0.000664 e. The van der Waals surface area contributed by atoms with Gasteiger partial charge in [-0.05, 0) is 58.4 Å². The minimum atomic E-state index is 1.17. The second-order valence-corrected chi connectivity index (χ2v) is 4.65. The van der Waals surface area contributed by atoms with Gasteiger partial charge in [-0.1, -0.05) is 33.6 Å². The molecule has 0 saturated heterocycles. The lowest BCUT2D eigenvalue weighted by atomic mass is 10.2. The molecule has 0 aromatic rings. The number of hydrogen-bond donors (Lipinski definition) is 1. The summed E-state index contributed by atoms with van der Waals surface area (Å²) < 4.78 is 0. The number of rotatable bonds is 12. The van der Waals surface area contributed by atoms with Crippen LogP contribution in [0.15, 0.2) is 0 Å². The molecule has 0 bridgehead atoms. The molecule has 0 amide bonds. The summed E-state index contributed by atoms with van der Waals surface area (Å²) in [6, 6.07) is 0. The highest BCUT2D eigenvalue weighted by Gasteiger charge is 2.02. The van der Waals surface area contributed by atoms with E-state index in [0.29, 0.717) is 0 Å². The lowest BCUT2D eigenvalue weighted by Gasteiger charge is -2.21. The van der Waals surface area contributed by atoms with Crippen molar-refractivity contribution in [3.63, 3.8) is 0 Å². The third-order valence-electron chi connectivity index (χ3n) is 2.91. The maximum absolute atomic E-state index is 3.48. The normalized spacial score (nSPS) is 11.2. The van der Waals surface area contributed by atoms with Gasteiger partial charge in [0.25, 0.3) is 0 Å². The highest BCUT2D eigenvalue weighted by Crippen LogP contribution is 2.00. The minimum Gasteiger partial charge on any atom is -0.317 e. The number of nitrogens with zero attached hydrogens (tertiary/aromatic N) is 1. The number of nitrogens with one attached hydrogen (secondary N) is 1. The van der Waals surface area contributed by atoms with Gasteiger partial charge >= 0.3 is 0 Å². The highest BCUT2D eigenvalue weighted by atomic mass is 15.1. The smallest absolute Gasteiger partial charge is 0.000664 e. The summed E-state index contributed by atoms with van der Waals surface area (Å²) in [5.41, 5.74) is 0. The van der Waals surface area contributed by atoms with Crippen molar-refractivity contribution in [3.8, 4) is 0 Å². The van der Waals surface area contributed by atoms with Gasteiger partial charge in [0.05, 0.1) is 0 Å². The Bertz CT molecular complexity index is 118. The van der Waals surface area contributed by atoms with E-state index in [4.69, 9.17) is 0 Å². The monoisotopic (exact) mass is 228 g/mol. The van der Waals surface area contributed by atoms with Crippen molar-refractivity contribution in [2.24, 2.45) is 0 Å². The zero-order valence-electron chi connectivity index (χ0n) is 11.7. The van der Waals surface area contributed by atoms with Crippen LogP contribution in [0.25, 0.3) is 0 Å². The molecule has 0 radical (unpaired) electrons. The van der Waals surface area contributed by atoms with Crippen LogP contribution in [0.3, 0.4) is 0 Å². The van der Waals surface area contributed by atoms with Crippen LogP contribution < -0.4 is 5.32 Å². The largest absolute Gasteiger partial charge is 0.317 e. The fourth-order valence-corrected chi connectivity index (χ4v) is 1.83. The van der Waals surface area contributed by atoms with Crippen LogP contribution in [0, 0.1) is 0 Å². The van der Waals surface area contributed by atoms with Gasteiger partial charge in [-0.25, -0.2) is 0 Å². The molecule has 0 heterocycles. The lowest BCUT2D eigenvalue weighted by Crippen LogP contribution is -2.29. The Morgan fingerprint density at radius 1 is 0.688 bits per heavy atom. The van der Waals surface area contributed by atoms with Gasteiger partial charge in [0.2, 0.25) is 0 Å². The Morgan fingerprint density at radius 3 is 1.75 bits per heavy atom. The van der Waals surface area contributed by atoms with Crippen LogP contribution in [-0.4, -0.2) is 37.6 Å². The Hall–Kier alpha value is -0.0800. The maximum atomic E-state index is 3.48. The Balaban J connectivity index is 3.48. The molecule has 0 rings (SSSR count). The van der Waals surface area contributed by atoms with E-state index in [1.807, 2.05) is 0 Å². The SMILES string of the molecule is CCCCN(CCCC)CCCNCCC. The van der Waals surface area contributed by atoms with Crippen molar-refractivity contribution < 1.29 is 0 Å². The van der Waals surface area contributed by atoms with Crippen molar-refractivity contribution in [1.82, 2.24) is 10.2 Å². The van der Waals surface area contributed by atoms with Crippen LogP contribution in [-0.2, 0) is 0 Å². The summed E-state index contributed by atoms with van der Waals surface area (Å²) in [5, 5.41) is 3.48. The molecule has 0 atom stereocenters. The summed E-state index contributed by atoms with van der Waals surface area (Å²) >= 11 is 0. The molecule has 0 unspecified atom stereocenters. The van der Waals surface area contributed by atoms with Gasteiger partial charge in [0.15, 0.2) is 0 Å². The fourth-order valence-electron chi connectivity index (χ4n) is 1.83. The molecule has 2 nitrogen and oxygen atoms in total. The Labute approximate surface area is 103 Å². The predicted octanol–water partition coefficient (Wildman–Crippen LogP) is 3.28. The molecule has 98 valence electrons. The zero-order chi connectivity index (χ0) is 12.1. The molecular weight excluding hydrogens is 196 g/mol. The fraction of sp³-hybridized carbons (Fsp3) is 1.00. The van der Waals surface area contributed by atoms with Crippen LogP contribution in [0.1, 0.15) is 59.3 Å². The Kier molecular flexibility index (Phi) is 12.9. The predicted molar refractivity (Wildman–Crippen MR) is 74.0 cm³/mol. The van der Waals surface area contributed by atoms with E-state index in [-0.39, 0.29) is 0 Å². The van der Waals surface area contributed by atoms with E-state index in [1.54, 1.807) is 0 Å². The summed E-state index contributed by atoms with van der Waals surface area (Å²) in [6.45, 7) is 13.0. The zero-order valence-corrected chi connectivity index (χ0v) is 11.7. The first-order chi connectivity index (χ1) is 7.85. The van der Waals surface area contributed by atoms with E-state index in [9.17, 15) is 0 Å². The topological polar surface area (TPSA) is 15.3 Å². The van der Waals surface area contributed by atoms with Crippen LogP contribution in [0.4, 0.5) is 0 Å². The molecule has 16 heavy (non-hydrogen) atoms. The molecule has 2 heteroatoms. The average molecular weight is 228 g/mol. The molecule has 0 fully saturated rings. The van der Waals surface area contributed by atoms with Crippen molar-refractivity contribution in [2.75, 3.05) is 32.7 Å². The van der Waals surface area contributed by atoms with Gasteiger partial charge in [0.1, 0.15) is 0 Å². The van der Waals surface area contributed by atoms with Crippen LogP contribution in [0.5, 0.6) is 0 Å². The first kappa shape index (κ1) is 15.9. The summed E-state index contributed by atoms with van der Waals surface area (Å²) in [6.07, 6.45) is 7.88. The van der Waals surface area contributed by atoms with Gasteiger partial charge in [-0.3, -0.25) is 0 Å². The van der Waals surface area contributed by atoms with Crippen molar-refractivity contribution in [1.29, 1.82) is 0 Å². The quantitative estimate of drug-likeness (QED) is 0.516. The third kappa shape index (κ3) is 10.4. The van der Waals surface area contributed by atoms with E-state index < -0.39 is 0 Å². The van der Waals surface area contributed by atoms with Crippen molar-refractivity contribution >= 4 is 0 Å². The molecular formula is C14H32N2. The molecule has 0 aromatic heterocycles. The number of unbranched alkanes of at least 4 members (excludes halogenated alkanes) is 2. The van der Waals surface area contributed by atoms with E-state index in [2.05, 4.69) is 31.0 Å². The minimum absolute atomic E-state index is 1.17. The Morgan fingerprint density at radius 2 is 1.25 bits per heavy atom. The van der Waals surface area contributed by atoms with Gasteiger partial charge < -0.3 is 10.2 Å². The molecule has 0 aromatic carbocycles. The molecule has 0 spiro atoms. The first-order valence-electron chi connectivity index (χ1n) is 7.28. The van der Waals surface area contributed by atoms with Crippen LogP contribution in [0.2, 0.25) is 0 Å². The second kappa shape index (κ2) is 13.0. The summed E-state index contributed by atoms with van der Waals surface area (Å²) in [5.74, 6) is 0. The third-order valence-corrected chi connectivity index (χ3v) is 2.91. The average Bonchev–Trinajstić information content (AvgIpc) is 2.31. The summed E-state index contributed by atoms with van der Waals surface area (Å²) in [7, 11) is 0. The molecule has 1 N–H and O–H groups in total. The van der Waals surface area contributed by atoms with Crippen LogP contribution >= 0.6 is 0 Å². The van der Waals surface area contributed by atoms with Gasteiger partial charge in [0, 0.05) is 0 Å². The van der Waals surface area contributed by atoms with E-state index in [0.717, 1.165) is 0 Å². The first-order valence-corrected chi connectivity index (χ1v) is 7.28. The number of hydrogen-bond acceptors (Lipinski definition) is 2. The van der Waals surface area contributed by atoms with E-state index in [1.165, 1.54) is 71.2 Å². The van der Waals surface area contributed by atoms with Crippen molar-refractivity contribution in [2.45, 2.75) is 59.3 Å². The lowest BCUT2D eigenvalue weighted by molar-refractivity contribution is 0.261. The molecule has 0 aliphatic rings. The second-order valence-electron chi connectivity index (χ2n) is 4.65.